The van der Waals surface area contributed by atoms with E-state index < -0.39 is 0 Å². The summed E-state index contributed by atoms with van der Waals surface area (Å²) in [6, 6.07) is 0. The molecule has 1 unspecified atom stereocenters. The number of piperidine rings is 1. The van der Waals surface area contributed by atoms with Gasteiger partial charge in [0.2, 0.25) is 0 Å². The lowest BCUT2D eigenvalue weighted by molar-refractivity contribution is -0.0233. The molecule has 0 aromatic rings. The van der Waals surface area contributed by atoms with E-state index >= 15 is 0 Å². The summed E-state index contributed by atoms with van der Waals surface area (Å²) in [6.07, 6.45) is 6.31. The fourth-order valence-electron chi connectivity index (χ4n) is 1.88. The monoisotopic (exact) mass is 155 g/mol. The van der Waals surface area contributed by atoms with Crippen molar-refractivity contribution in [1.82, 2.24) is 4.90 Å². The molecule has 11 heavy (non-hydrogen) atoms. The predicted octanol–water partition coefficient (Wildman–Crippen LogP) is 1.20. The summed E-state index contributed by atoms with van der Waals surface area (Å²) in [5.41, 5.74) is 0. The molecule has 1 saturated carbocycles. The van der Waals surface area contributed by atoms with Crippen LogP contribution in [0.5, 0.6) is 0 Å². The van der Waals surface area contributed by atoms with Crippen LogP contribution in [0.4, 0.5) is 0 Å². The van der Waals surface area contributed by atoms with E-state index in [1.807, 2.05) is 0 Å². The molecule has 1 atom stereocenters. The molecule has 64 valence electrons. The molecule has 0 aromatic carbocycles. The third-order valence-corrected chi connectivity index (χ3v) is 2.81. The van der Waals surface area contributed by atoms with Gasteiger partial charge in [-0.15, -0.1) is 0 Å². The summed E-state index contributed by atoms with van der Waals surface area (Å²) >= 11 is 0. The van der Waals surface area contributed by atoms with Crippen LogP contribution in [0, 0.1) is 5.92 Å². The van der Waals surface area contributed by atoms with Gasteiger partial charge in [-0.25, -0.2) is 0 Å². The first-order chi connectivity index (χ1) is 5.38. The van der Waals surface area contributed by atoms with Gasteiger partial charge in [-0.2, -0.15) is 0 Å². The van der Waals surface area contributed by atoms with Crippen LogP contribution in [0.2, 0.25) is 0 Å². The van der Waals surface area contributed by atoms with Crippen LogP contribution in [0.1, 0.15) is 32.1 Å². The number of likely N-dealkylation sites (tertiary alicyclic amines) is 1. The van der Waals surface area contributed by atoms with Crippen LogP contribution in [0.3, 0.4) is 0 Å². The Labute approximate surface area is 68.2 Å². The first kappa shape index (κ1) is 7.56. The van der Waals surface area contributed by atoms with E-state index in [0.29, 0.717) is 5.92 Å². The summed E-state index contributed by atoms with van der Waals surface area (Å²) < 4.78 is 0. The zero-order chi connectivity index (χ0) is 7.68. The van der Waals surface area contributed by atoms with Crippen LogP contribution < -0.4 is 0 Å². The minimum atomic E-state index is -0.102. The fourth-order valence-corrected chi connectivity index (χ4v) is 1.88. The van der Waals surface area contributed by atoms with Crippen molar-refractivity contribution in [1.29, 1.82) is 0 Å². The third kappa shape index (κ3) is 1.74. The molecule has 1 aliphatic heterocycles. The van der Waals surface area contributed by atoms with Gasteiger partial charge in [0.15, 0.2) is 0 Å². The second-order valence-corrected chi connectivity index (χ2v) is 3.85. The zero-order valence-electron chi connectivity index (χ0n) is 7.00. The van der Waals surface area contributed by atoms with E-state index in [1.165, 1.54) is 32.1 Å². The van der Waals surface area contributed by atoms with Crippen LogP contribution in [0.25, 0.3) is 0 Å². The van der Waals surface area contributed by atoms with Gasteiger partial charge in [-0.1, -0.05) is 6.42 Å². The number of hydrogen-bond donors (Lipinski definition) is 1. The Kier molecular flexibility index (Phi) is 2.14. The van der Waals surface area contributed by atoms with E-state index in [-0.39, 0.29) is 6.23 Å². The zero-order valence-corrected chi connectivity index (χ0v) is 7.00. The van der Waals surface area contributed by atoms with E-state index in [4.69, 9.17) is 0 Å². The highest BCUT2D eigenvalue weighted by Crippen LogP contribution is 2.34. The van der Waals surface area contributed by atoms with Crippen molar-refractivity contribution >= 4 is 0 Å². The lowest BCUT2D eigenvalue weighted by Gasteiger charge is -2.31. The predicted molar refractivity (Wildman–Crippen MR) is 44.2 cm³/mol. The Morgan fingerprint density at radius 3 is 2.27 bits per heavy atom. The fraction of sp³-hybridized carbons (Fsp3) is 1.00. The van der Waals surface area contributed by atoms with Crippen LogP contribution in [-0.2, 0) is 0 Å². The summed E-state index contributed by atoms with van der Waals surface area (Å²) in [4.78, 5) is 2.25. The Morgan fingerprint density at radius 2 is 1.73 bits per heavy atom. The maximum atomic E-state index is 9.74. The molecule has 1 saturated heterocycles. The first-order valence-electron chi connectivity index (χ1n) is 4.80. The normalized spacial score (nSPS) is 30.3. The molecule has 0 spiro atoms. The molecule has 0 amide bonds. The van der Waals surface area contributed by atoms with Crippen LogP contribution >= 0.6 is 0 Å². The average molecular weight is 155 g/mol. The molecule has 0 bridgehead atoms. The molecule has 2 heteroatoms. The van der Waals surface area contributed by atoms with Crippen molar-refractivity contribution in [3.63, 3.8) is 0 Å². The second kappa shape index (κ2) is 3.11. The van der Waals surface area contributed by atoms with Crippen molar-refractivity contribution < 1.29 is 5.11 Å². The average Bonchev–Trinajstić information content (AvgIpc) is 2.87. The van der Waals surface area contributed by atoms with E-state index in [0.717, 1.165) is 13.1 Å². The first-order valence-corrected chi connectivity index (χ1v) is 4.80. The SMILES string of the molecule is OC(C1CC1)N1CCCCC1. The van der Waals surface area contributed by atoms with Gasteiger partial charge < -0.3 is 5.11 Å². The second-order valence-electron chi connectivity index (χ2n) is 3.85. The smallest absolute Gasteiger partial charge is 0.110 e. The molecule has 2 aliphatic rings. The van der Waals surface area contributed by atoms with Gasteiger partial charge in [-0.3, -0.25) is 4.90 Å². The van der Waals surface area contributed by atoms with Crippen molar-refractivity contribution in [2.24, 2.45) is 5.92 Å². The standard InChI is InChI=1S/C9H17NO/c11-9(8-4-5-8)10-6-2-1-3-7-10/h8-9,11H,1-7H2. The molecule has 2 nitrogen and oxygen atoms in total. The Balaban J connectivity index is 1.81. The van der Waals surface area contributed by atoms with E-state index in [1.54, 1.807) is 0 Å². The molecule has 1 aliphatic carbocycles. The summed E-state index contributed by atoms with van der Waals surface area (Å²) in [5, 5.41) is 9.74. The lowest BCUT2D eigenvalue weighted by Crippen LogP contribution is -2.40. The highest BCUT2D eigenvalue weighted by atomic mass is 16.3. The Morgan fingerprint density at radius 1 is 1.09 bits per heavy atom. The number of nitrogens with zero attached hydrogens (tertiary/aromatic N) is 1. The lowest BCUT2D eigenvalue weighted by atomic mass is 10.1. The molecular weight excluding hydrogens is 138 g/mol. The highest BCUT2D eigenvalue weighted by molar-refractivity contribution is 4.82. The summed E-state index contributed by atoms with van der Waals surface area (Å²) in [7, 11) is 0. The van der Waals surface area contributed by atoms with Crippen molar-refractivity contribution in [3.8, 4) is 0 Å². The number of aliphatic hydroxyl groups excluding tert-OH is 1. The molecule has 1 N–H and O–H groups in total. The van der Waals surface area contributed by atoms with Gasteiger partial charge in [-0.05, 0) is 31.6 Å². The van der Waals surface area contributed by atoms with E-state index in [2.05, 4.69) is 4.90 Å². The Hall–Kier alpha value is -0.0800. The summed E-state index contributed by atoms with van der Waals surface area (Å²) in [5.74, 6) is 0.619. The number of hydrogen-bond acceptors (Lipinski definition) is 2. The van der Waals surface area contributed by atoms with Crippen molar-refractivity contribution in [3.05, 3.63) is 0 Å². The van der Waals surface area contributed by atoms with Crippen molar-refractivity contribution in [2.45, 2.75) is 38.3 Å². The molecular formula is C9H17NO. The largest absolute Gasteiger partial charge is 0.378 e. The molecule has 2 rings (SSSR count). The molecule has 0 aromatic heterocycles. The van der Waals surface area contributed by atoms with Gasteiger partial charge in [0, 0.05) is 13.1 Å². The topological polar surface area (TPSA) is 23.5 Å². The quantitative estimate of drug-likeness (QED) is 0.647. The molecule has 2 fully saturated rings. The molecule has 0 radical (unpaired) electrons. The minimum Gasteiger partial charge on any atom is -0.378 e. The number of aliphatic hydroxyl groups is 1. The maximum absolute atomic E-state index is 9.74. The van der Waals surface area contributed by atoms with Crippen LogP contribution in [0.15, 0.2) is 0 Å². The third-order valence-electron chi connectivity index (χ3n) is 2.81. The number of rotatable bonds is 2. The van der Waals surface area contributed by atoms with Gasteiger partial charge >= 0.3 is 0 Å². The van der Waals surface area contributed by atoms with Gasteiger partial charge in [0.05, 0.1) is 0 Å². The van der Waals surface area contributed by atoms with Crippen LogP contribution in [-0.4, -0.2) is 29.3 Å². The van der Waals surface area contributed by atoms with Gasteiger partial charge in [0.25, 0.3) is 0 Å². The summed E-state index contributed by atoms with van der Waals surface area (Å²) in [6.45, 7) is 2.25. The van der Waals surface area contributed by atoms with E-state index in [9.17, 15) is 5.11 Å². The highest BCUT2D eigenvalue weighted by Gasteiger charge is 2.33. The van der Waals surface area contributed by atoms with Crippen molar-refractivity contribution in [2.75, 3.05) is 13.1 Å². The molecule has 1 heterocycles. The maximum Gasteiger partial charge on any atom is 0.110 e. The minimum absolute atomic E-state index is 0.102. The van der Waals surface area contributed by atoms with Gasteiger partial charge in [0.1, 0.15) is 6.23 Å². The Bertz CT molecular complexity index is 128.